The molecule has 0 heterocycles. The Balaban J connectivity index is -0.000000259. The fourth-order valence-electron chi connectivity index (χ4n) is 5.30. The number of rotatable bonds is 2. The highest BCUT2D eigenvalue weighted by molar-refractivity contribution is 7.16. The van der Waals surface area contributed by atoms with Crippen LogP contribution in [0.4, 0.5) is 0 Å². The highest BCUT2D eigenvalue weighted by atomic mass is 31.0. The lowest BCUT2D eigenvalue weighted by molar-refractivity contribution is 0.123. The van der Waals surface area contributed by atoms with Crippen molar-refractivity contribution in [3.63, 3.8) is 0 Å². The molecule has 3 rings (SSSR count). The van der Waals surface area contributed by atoms with Gasteiger partial charge in [-0.25, -0.2) is 0 Å². The maximum absolute atomic E-state index is 2.58. The molecule has 0 bridgehead atoms. The van der Waals surface area contributed by atoms with Crippen molar-refractivity contribution < 1.29 is 5.71 Å². The Bertz CT molecular complexity index is 248. The van der Waals surface area contributed by atoms with Gasteiger partial charge in [-0.15, -0.1) is 18.5 Å². The van der Waals surface area contributed by atoms with Gasteiger partial charge in [-0.1, -0.05) is 78.1 Å². The molecule has 2 heteroatoms. The zero-order valence-electron chi connectivity index (χ0n) is 16.8. The monoisotopic (exact) mass is 380 g/mol. The summed E-state index contributed by atoms with van der Waals surface area (Å²) in [6.45, 7) is 4.18. The summed E-state index contributed by atoms with van der Waals surface area (Å²) in [6.07, 6.45) is 24.1. The molecule has 0 amide bonds. The van der Waals surface area contributed by atoms with Gasteiger partial charge in [0.25, 0.3) is 0 Å². The van der Waals surface area contributed by atoms with Crippen LogP contribution in [0.25, 0.3) is 0 Å². The Morgan fingerprint density at radius 2 is 0.708 bits per heavy atom. The quantitative estimate of drug-likeness (QED) is 0.420. The molecule has 152 valence electrons. The van der Waals surface area contributed by atoms with Gasteiger partial charge in [0.15, 0.2) is 0 Å². The Morgan fingerprint density at radius 3 is 0.958 bits per heavy atom. The Hall–Kier alpha value is 0.860. The third-order valence-electron chi connectivity index (χ3n) is 6.45. The van der Waals surface area contributed by atoms with E-state index in [0.717, 1.165) is 23.7 Å². The smallest absolute Gasteiger partial charge is 0 e. The van der Waals surface area contributed by atoms with E-state index in [1.165, 1.54) is 50.8 Å². The Labute approximate surface area is 164 Å². The first-order valence-electron chi connectivity index (χ1n) is 11.2. The third kappa shape index (κ3) is 8.99. The SMILES string of the molecule is C1CCC(C2CCC(C3CCCCC3)CC2)CC1.CCP.CCP.[HH].[HH].[HH].[HH]. The van der Waals surface area contributed by atoms with Gasteiger partial charge in [0, 0.05) is 5.71 Å². The zero-order chi connectivity index (χ0) is 17.6. The molecule has 24 heavy (non-hydrogen) atoms. The van der Waals surface area contributed by atoms with Gasteiger partial charge in [-0.05, 0) is 61.7 Å². The van der Waals surface area contributed by atoms with Gasteiger partial charge in [0.1, 0.15) is 0 Å². The van der Waals surface area contributed by atoms with Crippen molar-refractivity contribution >= 4 is 18.5 Å². The summed E-state index contributed by atoms with van der Waals surface area (Å²) >= 11 is 0. The number of hydrogen-bond acceptors (Lipinski definition) is 0. The molecule has 0 spiro atoms. The molecule has 3 fully saturated rings. The molecule has 3 aliphatic rings. The Kier molecular flexibility index (Phi) is 14.3. The standard InChI is InChI=1S/C18H32.2C2H7P.4H2/c1-3-7-15(8-4-1)17-11-13-18(14-12-17)16-9-5-2-6-10-16;2*1-2-3;;;;/h15-18H,1-14H2;2*2-3H2,1H3;4*1H. The van der Waals surface area contributed by atoms with E-state index < -0.39 is 0 Å². The lowest BCUT2D eigenvalue weighted by Gasteiger charge is -2.39. The van der Waals surface area contributed by atoms with Crippen molar-refractivity contribution in [3.05, 3.63) is 0 Å². The molecule has 3 saturated carbocycles. The second kappa shape index (κ2) is 15.0. The molecule has 0 nitrogen and oxygen atoms in total. The predicted octanol–water partition coefficient (Wildman–Crippen LogP) is 8.70. The van der Waals surface area contributed by atoms with Crippen molar-refractivity contribution in [1.82, 2.24) is 0 Å². The molecule has 2 unspecified atom stereocenters. The molecular formula is C22H54P2. The van der Waals surface area contributed by atoms with Crippen molar-refractivity contribution in [2.24, 2.45) is 23.7 Å². The van der Waals surface area contributed by atoms with E-state index in [1.807, 2.05) is 0 Å². The van der Waals surface area contributed by atoms with Crippen LogP contribution < -0.4 is 0 Å². The molecule has 0 aromatic heterocycles. The van der Waals surface area contributed by atoms with E-state index in [9.17, 15) is 0 Å². The second-order valence-corrected chi connectivity index (χ2v) is 9.92. The summed E-state index contributed by atoms with van der Waals surface area (Å²) in [7, 11) is 5.16. The molecule has 3 aliphatic carbocycles. The third-order valence-corrected chi connectivity index (χ3v) is 6.45. The van der Waals surface area contributed by atoms with Crippen LogP contribution in [0.15, 0.2) is 0 Å². The summed E-state index contributed by atoms with van der Waals surface area (Å²) in [5.74, 6) is 4.52. The fraction of sp³-hybridized carbons (Fsp3) is 1.00. The van der Waals surface area contributed by atoms with E-state index in [0.29, 0.717) is 0 Å². The van der Waals surface area contributed by atoms with Crippen molar-refractivity contribution in [3.8, 4) is 0 Å². The minimum Gasteiger partial charge on any atom is -0.138 e. The van der Waals surface area contributed by atoms with Crippen LogP contribution in [-0.4, -0.2) is 12.3 Å². The minimum atomic E-state index is 0. The van der Waals surface area contributed by atoms with Crippen molar-refractivity contribution in [2.45, 2.75) is 104 Å². The average Bonchev–Trinajstić information content (AvgIpc) is 2.65. The topological polar surface area (TPSA) is 0 Å². The van der Waals surface area contributed by atoms with Crippen LogP contribution in [0.1, 0.15) is 109 Å². The molecule has 0 N–H and O–H groups in total. The van der Waals surface area contributed by atoms with Crippen LogP contribution in [0, 0.1) is 23.7 Å². The lowest BCUT2D eigenvalue weighted by atomic mass is 9.66. The largest absolute Gasteiger partial charge is 0.138 e. The van der Waals surface area contributed by atoms with Crippen LogP contribution in [0.5, 0.6) is 0 Å². The Morgan fingerprint density at radius 1 is 0.500 bits per heavy atom. The van der Waals surface area contributed by atoms with Gasteiger partial charge in [-0.2, -0.15) is 0 Å². The highest BCUT2D eigenvalue weighted by Gasteiger charge is 2.32. The summed E-state index contributed by atoms with van der Waals surface area (Å²) in [5, 5.41) is 0. The first kappa shape index (κ1) is 22.9. The van der Waals surface area contributed by atoms with Gasteiger partial charge >= 0.3 is 0 Å². The summed E-state index contributed by atoms with van der Waals surface area (Å²) in [5.41, 5.74) is 0. The molecular weight excluding hydrogens is 326 g/mol. The molecule has 0 aromatic carbocycles. The van der Waals surface area contributed by atoms with Crippen molar-refractivity contribution in [1.29, 1.82) is 0 Å². The van der Waals surface area contributed by atoms with Gasteiger partial charge < -0.3 is 0 Å². The van der Waals surface area contributed by atoms with E-state index in [1.54, 1.807) is 51.4 Å². The molecule has 0 aromatic rings. The fourth-order valence-corrected chi connectivity index (χ4v) is 5.30. The normalized spacial score (nSPS) is 29.0. The first-order chi connectivity index (χ1) is 11.8. The summed E-state index contributed by atoms with van der Waals surface area (Å²) in [4.78, 5) is 0. The number of hydrogen-bond donors (Lipinski definition) is 0. The van der Waals surface area contributed by atoms with Gasteiger partial charge in [-0.3, -0.25) is 0 Å². The van der Waals surface area contributed by atoms with Crippen LogP contribution in [0.2, 0.25) is 0 Å². The van der Waals surface area contributed by atoms with Crippen molar-refractivity contribution in [2.75, 3.05) is 12.3 Å². The predicted molar refractivity (Wildman–Crippen MR) is 128 cm³/mol. The molecule has 2 atom stereocenters. The first-order valence-corrected chi connectivity index (χ1v) is 12.8. The van der Waals surface area contributed by atoms with Crippen LogP contribution in [0.3, 0.4) is 0 Å². The summed E-state index contributed by atoms with van der Waals surface area (Å²) < 4.78 is 0. The average molecular weight is 381 g/mol. The van der Waals surface area contributed by atoms with Gasteiger partial charge in [0.05, 0.1) is 0 Å². The van der Waals surface area contributed by atoms with Crippen LogP contribution >= 0.6 is 18.5 Å². The highest BCUT2D eigenvalue weighted by Crippen LogP contribution is 2.44. The van der Waals surface area contributed by atoms with E-state index >= 15 is 0 Å². The van der Waals surface area contributed by atoms with E-state index in [2.05, 4.69) is 32.3 Å². The molecule has 0 aliphatic heterocycles. The van der Waals surface area contributed by atoms with E-state index in [4.69, 9.17) is 0 Å². The van der Waals surface area contributed by atoms with Gasteiger partial charge in [0.2, 0.25) is 0 Å². The summed E-state index contributed by atoms with van der Waals surface area (Å²) in [6, 6.07) is 0. The molecule has 0 saturated heterocycles. The minimum absolute atomic E-state index is 0. The second-order valence-electron chi connectivity index (χ2n) is 8.29. The van der Waals surface area contributed by atoms with Crippen LogP contribution in [-0.2, 0) is 0 Å². The maximum Gasteiger partial charge on any atom is 0 e. The zero-order valence-corrected chi connectivity index (χ0v) is 19.1. The molecule has 0 radical (unpaired) electrons. The van der Waals surface area contributed by atoms with E-state index in [-0.39, 0.29) is 5.71 Å². The maximum atomic E-state index is 2.58. The lowest BCUT2D eigenvalue weighted by Crippen LogP contribution is -2.27.